The molecule has 3 fully saturated rings. The van der Waals surface area contributed by atoms with E-state index >= 15 is 0 Å². The lowest BCUT2D eigenvalue weighted by Gasteiger charge is -2.57. The third-order valence-electron chi connectivity index (χ3n) is 11.0. The molecule has 29 heavy (non-hydrogen) atoms. The van der Waals surface area contributed by atoms with Crippen LogP contribution in [0, 0.1) is 52.3 Å². The van der Waals surface area contributed by atoms with E-state index in [1.165, 1.54) is 51.4 Å². The SMILES string of the molecule is CC(C)[C@H](C)CC[C@@H](C)[C@H]1CC[C@H]2C3=CCC4CC(O)CC[C@]4(C)[C@H]3CC[C@]12C. The molecule has 4 aliphatic rings. The fraction of sp³-hybridized carbons (Fsp3) is 0.929. The molecule has 3 saturated carbocycles. The molecule has 0 spiro atoms. The Morgan fingerprint density at radius 2 is 1.62 bits per heavy atom. The van der Waals surface area contributed by atoms with Crippen molar-refractivity contribution in [2.24, 2.45) is 52.3 Å². The normalized spacial score (nSPS) is 46.5. The minimum absolute atomic E-state index is 0.0400. The average Bonchev–Trinajstić information content (AvgIpc) is 3.03. The van der Waals surface area contributed by atoms with E-state index < -0.39 is 0 Å². The van der Waals surface area contributed by atoms with Crippen LogP contribution in [0.5, 0.6) is 0 Å². The van der Waals surface area contributed by atoms with E-state index in [1.807, 2.05) is 5.57 Å². The summed E-state index contributed by atoms with van der Waals surface area (Å²) in [6, 6.07) is 0. The zero-order valence-corrected chi connectivity index (χ0v) is 20.2. The lowest BCUT2D eigenvalue weighted by molar-refractivity contribution is -0.0428. The van der Waals surface area contributed by atoms with E-state index in [1.54, 1.807) is 0 Å². The molecule has 0 aromatic rings. The van der Waals surface area contributed by atoms with Gasteiger partial charge in [-0.2, -0.15) is 0 Å². The molecule has 0 saturated heterocycles. The molecular formula is C28H48O. The second-order valence-corrected chi connectivity index (χ2v) is 12.7. The Balaban J connectivity index is 1.50. The van der Waals surface area contributed by atoms with Gasteiger partial charge in [0, 0.05) is 0 Å². The van der Waals surface area contributed by atoms with E-state index in [4.69, 9.17) is 0 Å². The molecule has 9 atom stereocenters. The molecule has 2 unspecified atom stereocenters. The van der Waals surface area contributed by atoms with Crippen molar-refractivity contribution < 1.29 is 5.11 Å². The summed E-state index contributed by atoms with van der Waals surface area (Å²) in [4.78, 5) is 0. The van der Waals surface area contributed by atoms with E-state index in [-0.39, 0.29) is 6.10 Å². The molecule has 166 valence electrons. The molecule has 0 aromatic carbocycles. The van der Waals surface area contributed by atoms with Gasteiger partial charge in [0.25, 0.3) is 0 Å². The number of hydrogen-bond acceptors (Lipinski definition) is 1. The third kappa shape index (κ3) is 3.66. The summed E-state index contributed by atoms with van der Waals surface area (Å²) in [5.41, 5.74) is 2.88. The first-order valence-electron chi connectivity index (χ1n) is 13.0. The van der Waals surface area contributed by atoms with Gasteiger partial charge in [0.1, 0.15) is 0 Å². The van der Waals surface area contributed by atoms with Gasteiger partial charge in [0.05, 0.1) is 6.10 Å². The maximum Gasteiger partial charge on any atom is 0.0543 e. The zero-order valence-electron chi connectivity index (χ0n) is 20.2. The lowest BCUT2D eigenvalue weighted by atomic mass is 9.47. The van der Waals surface area contributed by atoms with E-state index in [0.717, 1.165) is 54.3 Å². The van der Waals surface area contributed by atoms with Gasteiger partial charge in [0.2, 0.25) is 0 Å². The van der Waals surface area contributed by atoms with Gasteiger partial charge in [-0.25, -0.2) is 0 Å². The highest BCUT2D eigenvalue weighted by Gasteiger charge is 2.58. The Kier molecular flexibility index (Phi) is 6.04. The van der Waals surface area contributed by atoms with E-state index in [9.17, 15) is 5.11 Å². The topological polar surface area (TPSA) is 20.2 Å². The second kappa shape index (κ2) is 7.99. The van der Waals surface area contributed by atoms with Crippen molar-refractivity contribution in [1.29, 1.82) is 0 Å². The Morgan fingerprint density at radius 3 is 2.34 bits per heavy atom. The first-order valence-corrected chi connectivity index (χ1v) is 13.0. The minimum Gasteiger partial charge on any atom is -0.393 e. The summed E-state index contributed by atoms with van der Waals surface area (Å²) >= 11 is 0. The largest absolute Gasteiger partial charge is 0.393 e. The summed E-state index contributed by atoms with van der Waals surface area (Å²) in [6.07, 6.45) is 15.8. The van der Waals surface area contributed by atoms with Crippen LogP contribution in [0.25, 0.3) is 0 Å². The standard InChI is InChI=1S/C28H48O/c1-18(2)19(3)7-8-20(4)24-11-12-25-23-10-9-21-17-22(29)13-15-27(21,5)26(23)14-16-28(24,25)6/h10,18-22,24-26,29H,7-9,11-17H2,1-6H3/t19-,20-,21?,22?,24-,25+,26+,27+,28-/m1/s1. The Hall–Kier alpha value is -0.300. The van der Waals surface area contributed by atoms with Crippen molar-refractivity contribution in [1.82, 2.24) is 0 Å². The number of hydrogen-bond donors (Lipinski definition) is 1. The summed E-state index contributed by atoms with van der Waals surface area (Å²) in [7, 11) is 0. The van der Waals surface area contributed by atoms with Crippen molar-refractivity contribution >= 4 is 0 Å². The molecule has 4 rings (SSSR count). The van der Waals surface area contributed by atoms with Crippen LogP contribution in [0.2, 0.25) is 0 Å². The first kappa shape index (κ1) is 21.9. The molecule has 0 aromatic heterocycles. The zero-order chi connectivity index (χ0) is 21.0. The summed E-state index contributed by atoms with van der Waals surface area (Å²) in [5.74, 6) is 5.85. The number of rotatable bonds is 5. The fourth-order valence-electron chi connectivity index (χ4n) is 8.53. The van der Waals surface area contributed by atoms with Crippen LogP contribution < -0.4 is 0 Å². The molecule has 0 radical (unpaired) electrons. The quantitative estimate of drug-likeness (QED) is 0.470. The second-order valence-electron chi connectivity index (χ2n) is 12.7. The average molecular weight is 401 g/mol. The summed E-state index contributed by atoms with van der Waals surface area (Å²) < 4.78 is 0. The van der Waals surface area contributed by atoms with Crippen molar-refractivity contribution in [3.05, 3.63) is 11.6 Å². The van der Waals surface area contributed by atoms with Gasteiger partial charge < -0.3 is 5.11 Å². The third-order valence-corrected chi connectivity index (χ3v) is 11.0. The smallest absolute Gasteiger partial charge is 0.0543 e. The molecule has 0 heterocycles. The van der Waals surface area contributed by atoms with Gasteiger partial charge in [-0.1, -0.05) is 66.0 Å². The van der Waals surface area contributed by atoms with Gasteiger partial charge in [-0.3, -0.25) is 0 Å². The first-order chi connectivity index (χ1) is 13.7. The maximum atomic E-state index is 10.2. The van der Waals surface area contributed by atoms with E-state index in [2.05, 4.69) is 47.6 Å². The highest BCUT2D eigenvalue weighted by Crippen LogP contribution is 2.67. The number of aliphatic hydroxyl groups is 1. The van der Waals surface area contributed by atoms with Gasteiger partial charge in [-0.05, 0) is 104 Å². The Morgan fingerprint density at radius 1 is 0.931 bits per heavy atom. The fourth-order valence-corrected chi connectivity index (χ4v) is 8.53. The van der Waals surface area contributed by atoms with Crippen LogP contribution in [-0.4, -0.2) is 11.2 Å². The molecular weight excluding hydrogens is 352 g/mol. The number of fused-ring (bicyclic) bond motifs is 5. The molecule has 1 heteroatoms. The predicted octanol–water partition coefficient (Wildman–Crippen LogP) is 7.63. The number of allylic oxidation sites excluding steroid dienone is 2. The summed E-state index contributed by atoms with van der Waals surface area (Å²) in [5, 5.41) is 10.2. The highest BCUT2D eigenvalue weighted by atomic mass is 16.3. The monoisotopic (exact) mass is 400 g/mol. The molecule has 1 nitrogen and oxygen atoms in total. The van der Waals surface area contributed by atoms with Gasteiger partial charge in [0.15, 0.2) is 0 Å². The molecule has 0 aliphatic heterocycles. The Bertz CT molecular complexity index is 620. The van der Waals surface area contributed by atoms with Crippen LogP contribution >= 0.6 is 0 Å². The van der Waals surface area contributed by atoms with Crippen molar-refractivity contribution in [3.63, 3.8) is 0 Å². The lowest BCUT2D eigenvalue weighted by Crippen LogP contribution is -2.49. The molecule has 0 bridgehead atoms. The van der Waals surface area contributed by atoms with E-state index in [0.29, 0.717) is 10.8 Å². The van der Waals surface area contributed by atoms with Crippen LogP contribution in [0.4, 0.5) is 0 Å². The molecule has 0 amide bonds. The number of aliphatic hydroxyl groups excluding tert-OH is 1. The Labute approximate surface area is 181 Å². The minimum atomic E-state index is -0.0400. The predicted molar refractivity (Wildman–Crippen MR) is 124 cm³/mol. The summed E-state index contributed by atoms with van der Waals surface area (Å²) in [6.45, 7) is 15.1. The van der Waals surface area contributed by atoms with Crippen molar-refractivity contribution in [3.8, 4) is 0 Å². The van der Waals surface area contributed by atoms with Crippen LogP contribution in [-0.2, 0) is 0 Å². The van der Waals surface area contributed by atoms with Crippen molar-refractivity contribution in [2.45, 2.75) is 112 Å². The van der Waals surface area contributed by atoms with Crippen molar-refractivity contribution in [2.75, 3.05) is 0 Å². The van der Waals surface area contributed by atoms with Crippen LogP contribution in [0.15, 0.2) is 11.6 Å². The maximum absolute atomic E-state index is 10.2. The van der Waals surface area contributed by atoms with Gasteiger partial charge >= 0.3 is 0 Å². The van der Waals surface area contributed by atoms with Crippen LogP contribution in [0.1, 0.15) is 106 Å². The van der Waals surface area contributed by atoms with Gasteiger partial charge in [-0.15, -0.1) is 0 Å². The molecule has 4 aliphatic carbocycles. The highest BCUT2D eigenvalue weighted by molar-refractivity contribution is 5.27. The molecule has 1 N–H and O–H groups in total. The van der Waals surface area contributed by atoms with Crippen LogP contribution in [0.3, 0.4) is 0 Å².